The summed E-state index contributed by atoms with van der Waals surface area (Å²) in [5, 5.41) is 7.34. The molecule has 4 rings (SSSR count). The molecule has 1 aliphatic heterocycles. The molecule has 1 aromatic carbocycles. The topological polar surface area (TPSA) is 73.8 Å². The fourth-order valence-electron chi connectivity index (χ4n) is 3.42. The van der Waals surface area contributed by atoms with E-state index in [9.17, 15) is 0 Å². The lowest BCUT2D eigenvalue weighted by Crippen LogP contribution is -2.45. The zero-order valence-corrected chi connectivity index (χ0v) is 16.6. The summed E-state index contributed by atoms with van der Waals surface area (Å²) in [7, 11) is 2.15. The third kappa shape index (κ3) is 4.72. The van der Waals surface area contributed by atoms with Crippen LogP contribution in [-0.4, -0.2) is 63.3 Å². The lowest BCUT2D eigenvalue weighted by molar-refractivity contribution is 0.311. The smallest absolute Gasteiger partial charge is 0.228 e. The van der Waals surface area contributed by atoms with Crippen LogP contribution in [0.4, 0.5) is 5.95 Å². The van der Waals surface area contributed by atoms with Crippen LogP contribution in [-0.2, 0) is 19.3 Å². The van der Waals surface area contributed by atoms with Crippen molar-refractivity contribution in [1.82, 2.24) is 30.0 Å². The highest BCUT2D eigenvalue weighted by Crippen LogP contribution is 2.14. The maximum Gasteiger partial charge on any atom is 0.228 e. The molecule has 0 atom stereocenters. The molecule has 0 radical (unpaired) electrons. The van der Waals surface area contributed by atoms with Crippen molar-refractivity contribution in [3.05, 3.63) is 65.0 Å². The number of nitrogens with one attached hydrogen (secondary N) is 1. The van der Waals surface area contributed by atoms with E-state index in [4.69, 9.17) is 15.0 Å². The molecule has 1 N–H and O–H groups in total. The van der Waals surface area contributed by atoms with Crippen molar-refractivity contribution in [2.75, 3.05) is 38.1 Å². The molecule has 0 bridgehead atoms. The lowest BCUT2D eigenvalue weighted by atomic mass is 10.1. The van der Waals surface area contributed by atoms with Crippen LogP contribution in [0, 0.1) is 6.92 Å². The van der Waals surface area contributed by atoms with Gasteiger partial charge in [-0.25, -0.2) is 4.98 Å². The molecule has 146 valence electrons. The summed E-state index contributed by atoms with van der Waals surface area (Å²) in [6.45, 7) is 5.95. The molecule has 2 aromatic heterocycles. The summed E-state index contributed by atoms with van der Waals surface area (Å²) in [4.78, 5) is 18.9. The second kappa shape index (κ2) is 8.48. The predicted octanol–water partition coefficient (Wildman–Crippen LogP) is 2.03. The van der Waals surface area contributed by atoms with Crippen LogP contribution in [0.25, 0.3) is 0 Å². The zero-order chi connectivity index (χ0) is 19.3. The van der Waals surface area contributed by atoms with Gasteiger partial charge in [-0.1, -0.05) is 30.3 Å². The number of benzene rings is 1. The molecular weight excluding hydrogens is 350 g/mol. The van der Waals surface area contributed by atoms with Gasteiger partial charge in [-0.05, 0) is 32.0 Å². The molecule has 7 nitrogen and oxygen atoms in total. The van der Waals surface area contributed by atoms with Gasteiger partial charge in [-0.15, -0.1) is 0 Å². The Morgan fingerprint density at radius 3 is 2.39 bits per heavy atom. The Morgan fingerprint density at radius 2 is 1.68 bits per heavy atom. The van der Waals surface area contributed by atoms with E-state index in [-0.39, 0.29) is 0 Å². The molecular formula is C21H27N7. The zero-order valence-electron chi connectivity index (χ0n) is 16.6. The second-order valence-electron chi connectivity index (χ2n) is 7.46. The quantitative estimate of drug-likeness (QED) is 0.709. The van der Waals surface area contributed by atoms with Crippen molar-refractivity contribution in [1.29, 1.82) is 0 Å². The van der Waals surface area contributed by atoms with Gasteiger partial charge in [0.2, 0.25) is 5.95 Å². The minimum Gasteiger partial charge on any atom is -0.338 e. The van der Waals surface area contributed by atoms with Crippen molar-refractivity contribution in [2.45, 2.75) is 26.2 Å². The van der Waals surface area contributed by atoms with Crippen molar-refractivity contribution in [2.24, 2.45) is 0 Å². The maximum absolute atomic E-state index is 4.80. The molecule has 0 unspecified atom stereocenters. The van der Waals surface area contributed by atoms with E-state index in [0.717, 1.165) is 68.0 Å². The maximum atomic E-state index is 4.80. The first-order valence-electron chi connectivity index (χ1n) is 9.88. The SMILES string of the molecule is Cc1cc(Cc2nc(CCc3ccccc3)nc(N3CCN(C)CC3)n2)n[nH]1. The average Bonchev–Trinajstić information content (AvgIpc) is 3.12. The number of hydrogen-bond donors (Lipinski definition) is 1. The fourth-order valence-corrected chi connectivity index (χ4v) is 3.42. The fraction of sp³-hybridized carbons (Fsp3) is 0.429. The first kappa shape index (κ1) is 18.6. The Hall–Kier alpha value is -2.80. The Labute approximate surface area is 165 Å². The molecule has 0 saturated carbocycles. The van der Waals surface area contributed by atoms with Crippen molar-refractivity contribution >= 4 is 5.95 Å². The number of piperazine rings is 1. The van der Waals surface area contributed by atoms with Gasteiger partial charge in [0.05, 0.1) is 12.1 Å². The predicted molar refractivity (Wildman–Crippen MR) is 110 cm³/mol. The monoisotopic (exact) mass is 377 g/mol. The second-order valence-corrected chi connectivity index (χ2v) is 7.46. The highest BCUT2D eigenvalue weighted by atomic mass is 15.3. The van der Waals surface area contributed by atoms with Crippen LogP contribution >= 0.6 is 0 Å². The number of aryl methyl sites for hydroxylation is 3. The van der Waals surface area contributed by atoms with Gasteiger partial charge < -0.3 is 9.80 Å². The lowest BCUT2D eigenvalue weighted by Gasteiger charge is -2.32. The number of aromatic amines is 1. The molecule has 0 aliphatic carbocycles. The highest BCUT2D eigenvalue weighted by Gasteiger charge is 2.19. The number of likely N-dealkylation sites (N-methyl/N-ethyl adjacent to an activating group) is 1. The van der Waals surface area contributed by atoms with E-state index < -0.39 is 0 Å². The molecule has 3 aromatic rings. The molecule has 0 amide bonds. The third-order valence-electron chi connectivity index (χ3n) is 5.08. The molecule has 3 heterocycles. The molecule has 1 fully saturated rings. The Bertz CT molecular complexity index is 898. The number of hydrogen-bond acceptors (Lipinski definition) is 6. The molecule has 1 aliphatic rings. The van der Waals surface area contributed by atoms with Gasteiger partial charge in [0.15, 0.2) is 0 Å². The Morgan fingerprint density at radius 1 is 0.929 bits per heavy atom. The van der Waals surface area contributed by atoms with E-state index in [1.165, 1.54) is 5.56 Å². The molecule has 0 spiro atoms. The number of anilines is 1. The van der Waals surface area contributed by atoms with Gasteiger partial charge in [0, 0.05) is 38.3 Å². The molecule has 7 heteroatoms. The van der Waals surface area contributed by atoms with Gasteiger partial charge in [0.25, 0.3) is 0 Å². The first-order chi connectivity index (χ1) is 13.7. The standard InChI is InChI=1S/C21H27N7/c1-16-14-18(26-25-16)15-20-22-19(9-8-17-6-4-3-5-7-17)23-21(24-20)28-12-10-27(2)11-13-28/h3-7,14H,8-13,15H2,1-2H3,(H,25,26). The normalized spacial score (nSPS) is 15.1. The summed E-state index contributed by atoms with van der Waals surface area (Å²) in [5.74, 6) is 2.45. The number of aromatic nitrogens is 5. The van der Waals surface area contributed by atoms with Crippen LogP contribution in [0.5, 0.6) is 0 Å². The summed E-state index contributed by atoms with van der Waals surface area (Å²) in [6.07, 6.45) is 2.35. The van der Waals surface area contributed by atoms with Crippen LogP contribution in [0.2, 0.25) is 0 Å². The van der Waals surface area contributed by atoms with E-state index >= 15 is 0 Å². The first-order valence-corrected chi connectivity index (χ1v) is 9.88. The average molecular weight is 377 g/mol. The van der Waals surface area contributed by atoms with Gasteiger partial charge >= 0.3 is 0 Å². The number of nitrogens with zero attached hydrogens (tertiary/aromatic N) is 6. The van der Waals surface area contributed by atoms with E-state index in [1.54, 1.807) is 0 Å². The minimum atomic E-state index is 0.617. The van der Waals surface area contributed by atoms with E-state index in [2.05, 4.69) is 51.3 Å². The van der Waals surface area contributed by atoms with Crippen molar-refractivity contribution < 1.29 is 0 Å². The van der Waals surface area contributed by atoms with E-state index in [0.29, 0.717) is 6.42 Å². The van der Waals surface area contributed by atoms with Crippen molar-refractivity contribution in [3.63, 3.8) is 0 Å². The highest BCUT2D eigenvalue weighted by molar-refractivity contribution is 5.32. The van der Waals surface area contributed by atoms with Crippen LogP contribution in [0.15, 0.2) is 36.4 Å². The van der Waals surface area contributed by atoms with Crippen LogP contribution < -0.4 is 4.90 Å². The summed E-state index contributed by atoms with van der Waals surface area (Å²) in [5.41, 5.74) is 3.31. The largest absolute Gasteiger partial charge is 0.338 e. The molecule has 28 heavy (non-hydrogen) atoms. The number of rotatable bonds is 6. The van der Waals surface area contributed by atoms with Gasteiger partial charge in [-0.2, -0.15) is 15.1 Å². The van der Waals surface area contributed by atoms with Crippen LogP contribution in [0.1, 0.15) is 28.6 Å². The van der Waals surface area contributed by atoms with Gasteiger partial charge in [0.1, 0.15) is 11.6 Å². The van der Waals surface area contributed by atoms with E-state index in [1.807, 2.05) is 19.1 Å². The summed E-state index contributed by atoms with van der Waals surface area (Å²) >= 11 is 0. The van der Waals surface area contributed by atoms with Gasteiger partial charge in [-0.3, -0.25) is 5.10 Å². The summed E-state index contributed by atoms with van der Waals surface area (Å²) < 4.78 is 0. The van der Waals surface area contributed by atoms with Crippen LogP contribution in [0.3, 0.4) is 0 Å². The Kier molecular flexibility index (Phi) is 5.62. The molecule has 1 saturated heterocycles. The summed E-state index contributed by atoms with van der Waals surface area (Å²) in [6, 6.07) is 12.5. The van der Waals surface area contributed by atoms with Crippen molar-refractivity contribution in [3.8, 4) is 0 Å². The minimum absolute atomic E-state index is 0.617. The Balaban J connectivity index is 1.56. The number of H-pyrrole nitrogens is 1. The third-order valence-corrected chi connectivity index (χ3v) is 5.08.